The Labute approximate surface area is 139 Å². The number of imidazole rings is 1. The van der Waals surface area contributed by atoms with Gasteiger partial charge in [-0.3, -0.25) is 4.98 Å². The van der Waals surface area contributed by atoms with Crippen molar-refractivity contribution in [3.63, 3.8) is 0 Å². The molecule has 1 N–H and O–H groups in total. The van der Waals surface area contributed by atoms with Crippen molar-refractivity contribution in [2.24, 2.45) is 0 Å². The van der Waals surface area contributed by atoms with Gasteiger partial charge >= 0.3 is 0 Å². The number of anilines is 1. The molecule has 118 valence electrons. The lowest BCUT2D eigenvalue weighted by atomic mass is 10.2. The lowest BCUT2D eigenvalue weighted by Crippen LogP contribution is -2.10. The second kappa shape index (κ2) is 6.45. The predicted molar refractivity (Wildman–Crippen MR) is 92.4 cm³/mol. The smallest absolute Gasteiger partial charge is 0.180 e. The van der Waals surface area contributed by atoms with Crippen LogP contribution in [0.1, 0.15) is 11.4 Å². The zero-order valence-electron chi connectivity index (χ0n) is 13.0. The highest BCUT2D eigenvalue weighted by molar-refractivity contribution is 5.71. The predicted octanol–water partition coefficient (Wildman–Crippen LogP) is 2.88. The molecule has 0 aliphatic rings. The molecular formula is C18H16N6. The third-order valence-electron chi connectivity index (χ3n) is 3.76. The van der Waals surface area contributed by atoms with Crippen molar-refractivity contribution in [1.82, 2.24) is 24.5 Å². The van der Waals surface area contributed by atoms with Gasteiger partial charge < -0.3 is 9.88 Å². The average molecular weight is 316 g/mol. The molecule has 24 heavy (non-hydrogen) atoms. The average Bonchev–Trinajstić information content (AvgIpc) is 3.08. The molecule has 0 fully saturated rings. The molecule has 0 spiro atoms. The summed E-state index contributed by atoms with van der Waals surface area (Å²) in [5, 5.41) is 3.30. The SMILES string of the molecule is c1ccc(Cn2ccnc2CNc2ccc3nccnc3n2)cc1. The molecule has 1 aromatic carbocycles. The molecule has 0 aliphatic carbocycles. The molecule has 6 nitrogen and oxygen atoms in total. The van der Waals surface area contributed by atoms with E-state index in [4.69, 9.17) is 0 Å². The summed E-state index contributed by atoms with van der Waals surface area (Å²) in [7, 11) is 0. The largest absolute Gasteiger partial charge is 0.363 e. The molecule has 3 aromatic heterocycles. The van der Waals surface area contributed by atoms with Crippen molar-refractivity contribution in [1.29, 1.82) is 0 Å². The molecule has 4 rings (SSSR count). The van der Waals surface area contributed by atoms with Gasteiger partial charge in [0.05, 0.1) is 6.54 Å². The van der Waals surface area contributed by atoms with Crippen molar-refractivity contribution in [2.45, 2.75) is 13.1 Å². The number of benzene rings is 1. The van der Waals surface area contributed by atoms with Gasteiger partial charge in [0.1, 0.15) is 17.2 Å². The lowest BCUT2D eigenvalue weighted by Gasteiger charge is -2.09. The third kappa shape index (κ3) is 3.08. The number of aromatic nitrogens is 5. The maximum atomic E-state index is 4.47. The summed E-state index contributed by atoms with van der Waals surface area (Å²) < 4.78 is 2.13. The van der Waals surface area contributed by atoms with Crippen LogP contribution in [0, 0.1) is 0 Å². The molecule has 0 aliphatic heterocycles. The summed E-state index contributed by atoms with van der Waals surface area (Å²) in [5.41, 5.74) is 2.67. The van der Waals surface area contributed by atoms with Crippen LogP contribution in [0.25, 0.3) is 11.2 Å². The van der Waals surface area contributed by atoms with Crippen molar-refractivity contribution >= 4 is 17.0 Å². The highest BCUT2D eigenvalue weighted by Crippen LogP contribution is 2.12. The van der Waals surface area contributed by atoms with Crippen LogP contribution < -0.4 is 5.32 Å². The van der Waals surface area contributed by atoms with Crippen LogP contribution in [0.2, 0.25) is 0 Å². The second-order valence-corrected chi connectivity index (χ2v) is 5.41. The highest BCUT2D eigenvalue weighted by atomic mass is 15.1. The molecule has 0 atom stereocenters. The van der Waals surface area contributed by atoms with Crippen molar-refractivity contribution in [2.75, 3.05) is 5.32 Å². The van der Waals surface area contributed by atoms with E-state index in [-0.39, 0.29) is 0 Å². The van der Waals surface area contributed by atoms with E-state index in [0.29, 0.717) is 12.2 Å². The van der Waals surface area contributed by atoms with Gasteiger partial charge in [-0.25, -0.2) is 15.0 Å². The van der Waals surface area contributed by atoms with Gasteiger partial charge in [-0.2, -0.15) is 0 Å². The normalized spacial score (nSPS) is 10.8. The minimum Gasteiger partial charge on any atom is -0.363 e. The number of nitrogens with one attached hydrogen (secondary N) is 1. The van der Waals surface area contributed by atoms with E-state index in [1.165, 1.54) is 5.56 Å². The van der Waals surface area contributed by atoms with Gasteiger partial charge in [-0.05, 0) is 17.7 Å². The maximum Gasteiger partial charge on any atom is 0.180 e. The first kappa shape index (κ1) is 14.3. The summed E-state index contributed by atoms with van der Waals surface area (Å²) in [6, 6.07) is 14.2. The minimum absolute atomic E-state index is 0.596. The van der Waals surface area contributed by atoms with Crippen LogP contribution in [0.3, 0.4) is 0 Å². The lowest BCUT2D eigenvalue weighted by molar-refractivity contribution is 0.734. The first-order valence-electron chi connectivity index (χ1n) is 7.74. The first-order chi connectivity index (χ1) is 11.9. The highest BCUT2D eigenvalue weighted by Gasteiger charge is 2.05. The molecule has 6 heteroatoms. The Bertz CT molecular complexity index is 948. The van der Waals surface area contributed by atoms with Gasteiger partial charge in [-0.1, -0.05) is 30.3 Å². The zero-order chi connectivity index (χ0) is 16.2. The number of nitrogens with zero attached hydrogens (tertiary/aromatic N) is 5. The van der Waals surface area contributed by atoms with Crippen molar-refractivity contribution in [3.05, 3.63) is 78.6 Å². The molecule has 0 saturated carbocycles. The molecule has 0 bridgehead atoms. The fourth-order valence-corrected chi connectivity index (χ4v) is 2.55. The summed E-state index contributed by atoms with van der Waals surface area (Å²) >= 11 is 0. The van der Waals surface area contributed by atoms with E-state index in [2.05, 4.69) is 42.0 Å². The van der Waals surface area contributed by atoms with E-state index in [1.54, 1.807) is 12.4 Å². The van der Waals surface area contributed by atoms with Gasteiger partial charge in [-0.15, -0.1) is 0 Å². The number of rotatable bonds is 5. The summed E-state index contributed by atoms with van der Waals surface area (Å²) in [4.78, 5) is 17.4. The number of fused-ring (bicyclic) bond motifs is 1. The van der Waals surface area contributed by atoms with Crippen LogP contribution >= 0.6 is 0 Å². The zero-order valence-corrected chi connectivity index (χ0v) is 13.0. The van der Waals surface area contributed by atoms with Crippen molar-refractivity contribution < 1.29 is 0 Å². The van der Waals surface area contributed by atoms with Gasteiger partial charge in [0.25, 0.3) is 0 Å². The Kier molecular flexibility index (Phi) is 3.85. The van der Waals surface area contributed by atoms with Gasteiger partial charge in [0, 0.05) is 31.3 Å². The van der Waals surface area contributed by atoms with Gasteiger partial charge in [0.15, 0.2) is 5.65 Å². The van der Waals surface area contributed by atoms with Crippen LogP contribution in [-0.2, 0) is 13.1 Å². The molecule has 3 heterocycles. The fourth-order valence-electron chi connectivity index (χ4n) is 2.55. The van der Waals surface area contributed by atoms with E-state index in [9.17, 15) is 0 Å². The molecule has 4 aromatic rings. The monoisotopic (exact) mass is 316 g/mol. The second-order valence-electron chi connectivity index (χ2n) is 5.41. The first-order valence-corrected chi connectivity index (χ1v) is 7.74. The summed E-state index contributed by atoms with van der Waals surface area (Å²) in [6.45, 7) is 1.40. The minimum atomic E-state index is 0.596. The molecular weight excluding hydrogens is 300 g/mol. The van der Waals surface area contributed by atoms with Crippen LogP contribution in [0.4, 0.5) is 5.82 Å². The summed E-state index contributed by atoms with van der Waals surface area (Å²) in [5.74, 6) is 1.72. The molecule has 0 unspecified atom stereocenters. The molecule has 0 amide bonds. The summed E-state index contributed by atoms with van der Waals surface area (Å²) in [6.07, 6.45) is 7.12. The maximum absolute atomic E-state index is 4.47. The number of hydrogen-bond acceptors (Lipinski definition) is 5. The van der Waals surface area contributed by atoms with E-state index < -0.39 is 0 Å². The van der Waals surface area contributed by atoms with Gasteiger partial charge in [0.2, 0.25) is 0 Å². The van der Waals surface area contributed by atoms with Crippen molar-refractivity contribution in [3.8, 4) is 0 Å². The van der Waals surface area contributed by atoms with Crippen LogP contribution in [-0.4, -0.2) is 24.5 Å². The van der Waals surface area contributed by atoms with E-state index in [1.807, 2.05) is 42.7 Å². The van der Waals surface area contributed by atoms with Crippen LogP contribution in [0.15, 0.2) is 67.3 Å². The quantitative estimate of drug-likeness (QED) is 0.613. The van der Waals surface area contributed by atoms with Crippen LogP contribution in [0.5, 0.6) is 0 Å². The molecule has 0 saturated heterocycles. The Balaban J connectivity index is 1.48. The Morgan fingerprint density at radius 1 is 0.875 bits per heavy atom. The van der Waals surface area contributed by atoms with E-state index in [0.717, 1.165) is 23.7 Å². The standard InChI is InChI=1S/C18H16N6/c1-2-4-14(5-3-1)13-24-11-10-20-17(24)12-22-16-7-6-15-18(23-16)21-9-8-19-15/h1-11H,12-13H2,(H,21,22,23). The number of hydrogen-bond donors (Lipinski definition) is 1. The third-order valence-corrected chi connectivity index (χ3v) is 3.76. The Hall–Kier alpha value is -3.28. The van der Waals surface area contributed by atoms with E-state index >= 15 is 0 Å². The fraction of sp³-hybridized carbons (Fsp3) is 0.111. The Morgan fingerprint density at radius 2 is 1.75 bits per heavy atom. The number of pyridine rings is 1. The topological polar surface area (TPSA) is 68.5 Å². The Morgan fingerprint density at radius 3 is 2.67 bits per heavy atom. The molecule has 0 radical (unpaired) electrons.